The van der Waals surface area contributed by atoms with E-state index in [4.69, 9.17) is 32.1 Å². The summed E-state index contributed by atoms with van der Waals surface area (Å²) in [4.78, 5) is 48.8. The quantitative estimate of drug-likeness (QED) is 0.114. The van der Waals surface area contributed by atoms with Gasteiger partial charge < -0.3 is 36.6 Å². The molecule has 3 rings (SSSR count). The second-order valence-corrected chi connectivity index (χ2v) is 9.04. The van der Waals surface area contributed by atoms with Gasteiger partial charge in [0, 0.05) is 41.8 Å². The summed E-state index contributed by atoms with van der Waals surface area (Å²) < 4.78 is 5.82. The zero-order chi connectivity index (χ0) is 28.7. The van der Waals surface area contributed by atoms with E-state index in [0.717, 1.165) is 17.7 Å². The van der Waals surface area contributed by atoms with E-state index in [1.807, 2.05) is 0 Å². The minimum atomic E-state index is -1.61. The number of Topliss-reactive ketones (excluding diaryl/α,β-unsaturated/α-hetero) is 1. The lowest BCUT2D eigenvalue weighted by molar-refractivity contribution is -0.148. The number of ketones is 1. The van der Waals surface area contributed by atoms with Crippen LogP contribution >= 0.6 is 0 Å². The molecule has 9 N–H and O–H groups in total. The minimum absolute atomic E-state index is 0.0277. The molecular weight excluding hydrogens is 508 g/mol. The predicted molar refractivity (Wildman–Crippen MR) is 141 cm³/mol. The molecule has 39 heavy (non-hydrogen) atoms. The molecule has 2 aromatic rings. The number of hydrogen-bond donors (Lipinski definition) is 7. The summed E-state index contributed by atoms with van der Waals surface area (Å²) >= 11 is 0. The average Bonchev–Trinajstić information content (AvgIpc) is 2.89. The van der Waals surface area contributed by atoms with Gasteiger partial charge in [-0.25, -0.2) is 4.79 Å². The van der Waals surface area contributed by atoms with Crippen molar-refractivity contribution in [2.24, 2.45) is 11.5 Å². The van der Waals surface area contributed by atoms with Crippen LogP contribution in [0.4, 0.5) is 5.69 Å². The number of ether oxygens (including phenoxy) is 1. The molecule has 0 aliphatic carbocycles. The standard InChI is InChI=1S/C26H30N6O7/c27-23(28)16-4-3-15(11-20(33)25(37)38)21(12-16)39-13-18(6-8-22(34)35)31-24(36)17-5-7-19-14(10-17)2-1-9-32(19)26(29)30/h3-5,7,10,12,18H,1-2,6,8-9,11,13H2,(H3,27,28)(H3,29,30)(H,31,36)(H,34,35)(H,37,38). The van der Waals surface area contributed by atoms with Crippen molar-refractivity contribution >= 4 is 41.1 Å². The molecule has 2 aromatic carbocycles. The normalized spacial score (nSPS) is 13.1. The van der Waals surface area contributed by atoms with Crippen LogP contribution in [0.25, 0.3) is 0 Å². The van der Waals surface area contributed by atoms with Crippen molar-refractivity contribution in [2.45, 2.75) is 38.1 Å². The monoisotopic (exact) mass is 538 g/mol. The molecule has 0 saturated heterocycles. The summed E-state index contributed by atoms with van der Waals surface area (Å²) in [6.45, 7) is 0.408. The van der Waals surface area contributed by atoms with Crippen LogP contribution in [-0.4, -0.2) is 64.8 Å². The van der Waals surface area contributed by atoms with Crippen molar-refractivity contribution in [1.82, 2.24) is 5.32 Å². The highest BCUT2D eigenvalue weighted by molar-refractivity contribution is 6.33. The number of carbonyl (C=O) groups is 4. The molecule has 13 heteroatoms. The third-order valence-electron chi connectivity index (χ3n) is 6.20. The van der Waals surface area contributed by atoms with Crippen LogP contribution in [0.3, 0.4) is 0 Å². The van der Waals surface area contributed by atoms with E-state index in [-0.39, 0.29) is 48.1 Å². The average molecular weight is 539 g/mol. The van der Waals surface area contributed by atoms with E-state index in [1.165, 1.54) is 18.2 Å². The number of nitrogens with zero attached hydrogens (tertiary/aromatic N) is 1. The van der Waals surface area contributed by atoms with E-state index >= 15 is 0 Å². The number of carboxylic acids is 2. The number of carbonyl (C=O) groups excluding carboxylic acids is 2. The number of hydrogen-bond acceptors (Lipinski definition) is 7. The Hall–Kier alpha value is -4.94. The molecule has 206 valence electrons. The molecule has 0 saturated carbocycles. The van der Waals surface area contributed by atoms with Crippen LogP contribution in [0.1, 0.15) is 46.3 Å². The summed E-state index contributed by atoms with van der Waals surface area (Å²) in [5, 5.41) is 36.3. The van der Waals surface area contributed by atoms with Gasteiger partial charge in [0.1, 0.15) is 18.2 Å². The summed E-state index contributed by atoms with van der Waals surface area (Å²) in [6, 6.07) is 8.51. The van der Waals surface area contributed by atoms with Gasteiger partial charge in [-0.05, 0) is 49.1 Å². The summed E-state index contributed by atoms with van der Waals surface area (Å²) in [5.74, 6) is -4.49. The Balaban J connectivity index is 1.80. The van der Waals surface area contributed by atoms with Gasteiger partial charge in [0.2, 0.25) is 5.78 Å². The number of nitrogens with two attached hydrogens (primary N) is 2. The first-order valence-electron chi connectivity index (χ1n) is 12.1. The fourth-order valence-electron chi connectivity index (χ4n) is 4.19. The highest BCUT2D eigenvalue weighted by Gasteiger charge is 2.23. The Kier molecular flexibility index (Phi) is 9.20. The lowest BCUT2D eigenvalue weighted by Crippen LogP contribution is -2.41. The van der Waals surface area contributed by atoms with E-state index in [9.17, 15) is 24.3 Å². The minimum Gasteiger partial charge on any atom is -0.491 e. The zero-order valence-electron chi connectivity index (χ0n) is 21.0. The van der Waals surface area contributed by atoms with Crippen LogP contribution in [-0.2, 0) is 27.2 Å². The third kappa shape index (κ3) is 7.53. The molecule has 1 unspecified atom stereocenters. The molecular formula is C26H30N6O7. The third-order valence-corrected chi connectivity index (χ3v) is 6.20. The lowest BCUT2D eigenvalue weighted by Gasteiger charge is -2.30. The molecule has 0 radical (unpaired) electrons. The molecule has 0 aromatic heterocycles. The number of benzene rings is 2. The zero-order valence-corrected chi connectivity index (χ0v) is 21.0. The first kappa shape index (κ1) is 28.6. The number of amidine groups is 1. The number of fused-ring (bicyclic) bond motifs is 1. The van der Waals surface area contributed by atoms with Crippen LogP contribution in [0.2, 0.25) is 0 Å². The molecule has 1 amide bonds. The number of amides is 1. The highest BCUT2D eigenvalue weighted by atomic mass is 16.5. The number of anilines is 1. The van der Waals surface area contributed by atoms with Gasteiger partial charge in [-0.1, -0.05) is 12.1 Å². The van der Waals surface area contributed by atoms with E-state index in [2.05, 4.69) is 5.32 Å². The second kappa shape index (κ2) is 12.5. The van der Waals surface area contributed by atoms with Crippen LogP contribution in [0.5, 0.6) is 5.75 Å². The number of nitrogen functional groups attached to an aromatic ring is 1. The molecule has 0 fully saturated rings. The van der Waals surface area contributed by atoms with Gasteiger partial charge in [-0.3, -0.25) is 25.2 Å². The number of guanidine groups is 1. The topological polar surface area (TPSA) is 233 Å². The van der Waals surface area contributed by atoms with Gasteiger partial charge in [-0.15, -0.1) is 0 Å². The van der Waals surface area contributed by atoms with Crippen LogP contribution in [0.15, 0.2) is 36.4 Å². The maximum absolute atomic E-state index is 13.1. The van der Waals surface area contributed by atoms with Crippen molar-refractivity contribution < 1.29 is 34.1 Å². The first-order chi connectivity index (χ1) is 18.5. The second-order valence-electron chi connectivity index (χ2n) is 9.04. The van der Waals surface area contributed by atoms with Gasteiger partial charge >= 0.3 is 11.9 Å². The van der Waals surface area contributed by atoms with Crippen LogP contribution in [0, 0.1) is 10.8 Å². The number of nitrogens with one attached hydrogen (secondary N) is 3. The van der Waals surface area contributed by atoms with Gasteiger partial charge in [0.25, 0.3) is 5.91 Å². The Morgan fingerprint density at radius 2 is 1.77 bits per heavy atom. The molecule has 1 atom stereocenters. The smallest absolute Gasteiger partial charge is 0.372 e. The Morgan fingerprint density at radius 1 is 1.05 bits per heavy atom. The first-order valence-corrected chi connectivity index (χ1v) is 12.1. The molecule has 0 bridgehead atoms. The number of rotatable bonds is 12. The maximum Gasteiger partial charge on any atom is 0.372 e. The molecule has 1 aliphatic heterocycles. The summed E-state index contributed by atoms with van der Waals surface area (Å²) in [6.07, 6.45) is 0.764. The van der Waals surface area contributed by atoms with Gasteiger partial charge in [0.15, 0.2) is 5.96 Å². The van der Waals surface area contributed by atoms with Crippen molar-refractivity contribution in [3.63, 3.8) is 0 Å². The fraction of sp³-hybridized carbons (Fsp3) is 0.308. The van der Waals surface area contributed by atoms with Crippen molar-refractivity contribution in [1.29, 1.82) is 10.8 Å². The maximum atomic E-state index is 13.1. The number of aryl methyl sites for hydroxylation is 1. The Morgan fingerprint density at radius 3 is 2.41 bits per heavy atom. The van der Waals surface area contributed by atoms with Crippen molar-refractivity contribution in [2.75, 3.05) is 18.1 Å². The number of carboxylic acid groups (broad SMARTS) is 2. The molecule has 13 nitrogen and oxygen atoms in total. The van der Waals surface area contributed by atoms with Gasteiger partial charge in [0.05, 0.1) is 6.04 Å². The fourth-order valence-corrected chi connectivity index (χ4v) is 4.19. The Labute approximate surface area is 223 Å². The highest BCUT2D eigenvalue weighted by Crippen LogP contribution is 2.28. The molecule has 0 spiro atoms. The van der Waals surface area contributed by atoms with Gasteiger partial charge in [-0.2, -0.15) is 0 Å². The molecule has 1 aliphatic rings. The SMILES string of the molecule is N=C(N)c1ccc(CC(=O)C(=O)O)c(OCC(CCC(=O)O)NC(=O)c2ccc3c(c2)CCCN3C(=N)N)c1. The van der Waals surface area contributed by atoms with Crippen molar-refractivity contribution in [3.05, 3.63) is 58.7 Å². The lowest BCUT2D eigenvalue weighted by atomic mass is 9.99. The van der Waals surface area contributed by atoms with E-state index in [0.29, 0.717) is 18.5 Å². The largest absolute Gasteiger partial charge is 0.491 e. The van der Waals surface area contributed by atoms with E-state index < -0.39 is 36.1 Å². The number of aliphatic carboxylic acids is 2. The summed E-state index contributed by atoms with van der Waals surface area (Å²) in [7, 11) is 0. The summed E-state index contributed by atoms with van der Waals surface area (Å²) in [5.41, 5.74) is 13.7. The van der Waals surface area contributed by atoms with Crippen molar-refractivity contribution in [3.8, 4) is 5.75 Å². The Bertz CT molecular complexity index is 1330. The van der Waals surface area contributed by atoms with E-state index in [1.54, 1.807) is 23.1 Å². The van der Waals surface area contributed by atoms with Crippen LogP contribution < -0.4 is 26.4 Å². The predicted octanol–water partition coefficient (Wildman–Crippen LogP) is 0.855. The molecule has 1 heterocycles.